The highest BCUT2D eigenvalue weighted by Gasteiger charge is 2.25. The lowest BCUT2D eigenvalue weighted by Gasteiger charge is -2.29. The number of rotatable bonds is 3. The summed E-state index contributed by atoms with van der Waals surface area (Å²) in [4.78, 5) is 4.40. The van der Waals surface area contributed by atoms with Crippen LogP contribution in [0.15, 0.2) is 22.8 Å². The van der Waals surface area contributed by atoms with Crippen molar-refractivity contribution in [3.63, 3.8) is 0 Å². The molecule has 0 amide bonds. The van der Waals surface area contributed by atoms with Crippen LogP contribution < -0.4 is 0 Å². The summed E-state index contributed by atoms with van der Waals surface area (Å²) >= 11 is 3.39. The number of hydrogen-bond acceptors (Lipinski definition) is 2. The van der Waals surface area contributed by atoms with Crippen LogP contribution in [0.4, 0.5) is 0 Å². The Morgan fingerprint density at radius 3 is 2.25 bits per heavy atom. The van der Waals surface area contributed by atoms with Crippen LogP contribution in [0.3, 0.4) is 0 Å². The van der Waals surface area contributed by atoms with Gasteiger partial charge in [-0.3, -0.25) is 4.98 Å². The number of aromatic nitrogens is 1. The predicted molar refractivity (Wildman–Crippen MR) is 74.3 cm³/mol. The van der Waals surface area contributed by atoms with Crippen LogP contribution in [0, 0.1) is 0 Å². The summed E-state index contributed by atoms with van der Waals surface area (Å²) in [6.45, 7) is 10.9. The third-order valence-corrected chi connectivity index (χ3v) is 4.41. The maximum atomic E-state index is 6.08. The average molecular weight is 302 g/mol. The Bertz CT molecular complexity index is 343. The summed E-state index contributed by atoms with van der Waals surface area (Å²) < 4.78 is 7.08. The Labute approximate surface area is 109 Å². The molecule has 0 atom stereocenters. The van der Waals surface area contributed by atoms with Crippen molar-refractivity contribution in [2.75, 3.05) is 0 Å². The van der Waals surface area contributed by atoms with Crippen molar-refractivity contribution in [3.8, 4) is 0 Å². The molecule has 1 heterocycles. The van der Waals surface area contributed by atoms with Crippen LogP contribution in [0.5, 0.6) is 0 Å². The summed E-state index contributed by atoms with van der Waals surface area (Å²) in [7, 11) is -0.560. The standard InChI is InChI=1S/C12H20BrNOSi/c1-11(2,3)16-15-12(4,5)10-7-6-9(13)8-14-10/h6-8H,16H2,1-5H3. The average Bonchev–Trinajstić information content (AvgIpc) is 2.15. The summed E-state index contributed by atoms with van der Waals surface area (Å²) in [5, 5.41) is 0.312. The van der Waals surface area contributed by atoms with E-state index in [1.54, 1.807) is 0 Å². The minimum Gasteiger partial charge on any atom is -0.413 e. The van der Waals surface area contributed by atoms with Crippen molar-refractivity contribution in [2.24, 2.45) is 0 Å². The predicted octanol–water partition coefficient (Wildman–Crippen LogP) is 3.40. The smallest absolute Gasteiger partial charge is 0.168 e. The second kappa shape index (κ2) is 4.98. The normalized spacial score (nSPS) is 13.6. The maximum Gasteiger partial charge on any atom is 0.168 e. The van der Waals surface area contributed by atoms with E-state index in [9.17, 15) is 0 Å². The maximum absolute atomic E-state index is 6.08. The van der Waals surface area contributed by atoms with Gasteiger partial charge in [0.2, 0.25) is 0 Å². The van der Waals surface area contributed by atoms with Crippen LogP contribution >= 0.6 is 15.9 Å². The quantitative estimate of drug-likeness (QED) is 0.798. The molecule has 0 radical (unpaired) electrons. The van der Waals surface area contributed by atoms with Crippen LogP contribution in [0.2, 0.25) is 5.04 Å². The number of nitrogens with zero attached hydrogens (tertiary/aromatic N) is 1. The first-order valence-corrected chi connectivity index (χ1v) is 7.54. The van der Waals surface area contributed by atoms with E-state index in [1.807, 2.05) is 18.3 Å². The molecule has 90 valence electrons. The Morgan fingerprint density at radius 1 is 1.19 bits per heavy atom. The van der Waals surface area contributed by atoms with E-state index in [2.05, 4.69) is 55.5 Å². The number of hydrogen-bond donors (Lipinski definition) is 0. The van der Waals surface area contributed by atoms with Gasteiger partial charge in [-0.05, 0) is 46.9 Å². The van der Waals surface area contributed by atoms with Gasteiger partial charge < -0.3 is 4.43 Å². The molecule has 0 aromatic carbocycles. The van der Waals surface area contributed by atoms with Crippen molar-refractivity contribution in [1.29, 1.82) is 0 Å². The molecule has 0 N–H and O–H groups in total. The molecule has 0 bridgehead atoms. The molecule has 4 heteroatoms. The van der Waals surface area contributed by atoms with Crippen molar-refractivity contribution in [3.05, 3.63) is 28.5 Å². The lowest BCUT2D eigenvalue weighted by atomic mass is 10.1. The zero-order valence-corrected chi connectivity index (χ0v) is 13.7. The highest BCUT2D eigenvalue weighted by Crippen LogP contribution is 2.28. The first-order valence-electron chi connectivity index (χ1n) is 5.47. The summed E-state index contributed by atoms with van der Waals surface area (Å²) in [6, 6.07) is 4.02. The highest BCUT2D eigenvalue weighted by atomic mass is 79.9. The molecular weight excluding hydrogens is 282 g/mol. The van der Waals surface area contributed by atoms with Gasteiger partial charge in [0.15, 0.2) is 9.76 Å². The monoisotopic (exact) mass is 301 g/mol. The molecule has 0 fully saturated rings. The summed E-state index contributed by atoms with van der Waals surface area (Å²) in [5.74, 6) is 0. The fourth-order valence-corrected chi connectivity index (χ4v) is 2.38. The second-order valence-corrected chi connectivity index (χ2v) is 9.34. The Kier molecular flexibility index (Phi) is 4.32. The van der Waals surface area contributed by atoms with Gasteiger partial charge in [0.25, 0.3) is 0 Å². The zero-order valence-electron chi connectivity index (χ0n) is 10.7. The lowest BCUT2D eigenvalue weighted by Crippen LogP contribution is -2.28. The topological polar surface area (TPSA) is 22.1 Å². The Balaban J connectivity index is 2.73. The van der Waals surface area contributed by atoms with Gasteiger partial charge >= 0.3 is 0 Å². The molecule has 1 aromatic rings. The van der Waals surface area contributed by atoms with Gasteiger partial charge in [-0.25, -0.2) is 0 Å². The Morgan fingerprint density at radius 2 is 1.81 bits per heavy atom. The van der Waals surface area contributed by atoms with E-state index in [0.29, 0.717) is 5.04 Å². The van der Waals surface area contributed by atoms with Crippen LogP contribution in [-0.2, 0) is 10.0 Å². The lowest BCUT2D eigenvalue weighted by molar-refractivity contribution is 0.104. The van der Waals surface area contributed by atoms with Crippen molar-refractivity contribution in [1.82, 2.24) is 4.98 Å². The Hall–Kier alpha value is -0.193. The SMILES string of the molecule is CC(C)(C)[SiH2]OC(C)(C)c1ccc(Br)cn1. The molecule has 0 spiro atoms. The van der Waals surface area contributed by atoms with Crippen LogP contribution in [0.1, 0.15) is 40.3 Å². The van der Waals surface area contributed by atoms with E-state index in [1.165, 1.54) is 0 Å². The van der Waals surface area contributed by atoms with E-state index in [4.69, 9.17) is 4.43 Å². The van der Waals surface area contributed by atoms with Crippen molar-refractivity contribution in [2.45, 2.75) is 45.3 Å². The molecule has 0 saturated heterocycles. The van der Waals surface area contributed by atoms with Gasteiger partial charge in [-0.15, -0.1) is 0 Å². The molecule has 0 aliphatic rings. The van der Waals surface area contributed by atoms with E-state index in [-0.39, 0.29) is 5.60 Å². The molecule has 0 aliphatic carbocycles. The molecule has 0 aliphatic heterocycles. The number of halogens is 1. The molecular formula is C12H20BrNOSi. The third kappa shape index (κ3) is 4.35. The van der Waals surface area contributed by atoms with Gasteiger partial charge in [-0.1, -0.05) is 20.8 Å². The molecule has 1 aromatic heterocycles. The first-order chi connectivity index (χ1) is 7.21. The zero-order chi connectivity index (χ0) is 12.4. The minimum atomic E-state index is -0.560. The third-order valence-electron chi connectivity index (χ3n) is 2.21. The van der Waals surface area contributed by atoms with E-state index in [0.717, 1.165) is 10.2 Å². The fourth-order valence-electron chi connectivity index (χ4n) is 1.20. The van der Waals surface area contributed by atoms with E-state index < -0.39 is 9.76 Å². The van der Waals surface area contributed by atoms with E-state index >= 15 is 0 Å². The minimum absolute atomic E-state index is 0.278. The largest absolute Gasteiger partial charge is 0.413 e. The summed E-state index contributed by atoms with van der Waals surface area (Å²) in [5.41, 5.74) is 0.715. The molecule has 16 heavy (non-hydrogen) atoms. The van der Waals surface area contributed by atoms with Crippen LogP contribution in [-0.4, -0.2) is 14.7 Å². The van der Waals surface area contributed by atoms with Gasteiger partial charge in [0.1, 0.15) is 0 Å². The molecule has 1 rings (SSSR count). The summed E-state index contributed by atoms with van der Waals surface area (Å²) in [6.07, 6.45) is 1.82. The highest BCUT2D eigenvalue weighted by molar-refractivity contribution is 9.10. The molecule has 2 nitrogen and oxygen atoms in total. The van der Waals surface area contributed by atoms with Gasteiger partial charge in [0.05, 0.1) is 11.3 Å². The van der Waals surface area contributed by atoms with Gasteiger partial charge in [-0.2, -0.15) is 0 Å². The van der Waals surface area contributed by atoms with Crippen LogP contribution in [0.25, 0.3) is 0 Å². The van der Waals surface area contributed by atoms with Crippen molar-refractivity contribution >= 4 is 25.7 Å². The first kappa shape index (κ1) is 13.9. The van der Waals surface area contributed by atoms with Crippen molar-refractivity contribution < 1.29 is 4.43 Å². The molecule has 0 saturated carbocycles. The number of pyridine rings is 1. The van der Waals surface area contributed by atoms with Gasteiger partial charge in [0, 0.05) is 10.7 Å². The molecule has 0 unspecified atom stereocenters. The fraction of sp³-hybridized carbons (Fsp3) is 0.583. The second-order valence-electron chi connectivity index (χ2n) is 5.72.